The quantitative estimate of drug-likeness (QED) is 0.880. The summed E-state index contributed by atoms with van der Waals surface area (Å²) in [6, 6.07) is 8.09. The second kappa shape index (κ2) is 5.75. The van der Waals surface area contributed by atoms with E-state index in [4.69, 9.17) is 0 Å². The molecule has 1 saturated heterocycles. The Balaban J connectivity index is 2.26. The average Bonchev–Trinajstić information content (AvgIpc) is 2.38. The molecular weight excluding hydrogens is 220 g/mol. The fourth-order valence-electron chi connectivity index (χ4n) is 2.92. The van der Waals surface area contributed by atoms with Crippen LogP contribution in [-0.4, -0.2) is 25.2 Å². The van der Waals surface area contributed by atoms with Crippen LogP contribution in [0.3, 0.4) is 0 Å². The molecule has 2 nitrogen and oxygen atoms in total. The smallest absolute Gasteiger partial charge is 0.0412 e. The lowest BCUT2D eigenvalue weighted by Crippen LogP contribution is -2.56. The number of benzene rings is 1. The van der Waals surface area contributed by atoms with Gasteiger partial charge in [-0.3, -0.25) is 0 Å². The number of piperazine rings is 1. The van der Waals surface area contributed by atoms with Crippen LogP contribution in [0.4, 0.5) is 5.69 Å². The third-order valence-corrected chi connectivity index (χ3v) is 4.13. The van der Waals surface area contributed by atoms with Crippen LogP contribution in [0.2, 0.25) is 0 Å². The molecule has 18 heavy (non-hydrogen) atoms. The summed E-state index contributed by atoms with van der Waals surface area (Å²) in [5.74, 6) is 0. The summed E-state index contributed by atoms with van der Waals surface area (Å²) in [5, 5.41) is 3.66. The fraction of sp³-hybridized carbons (Fsp3) is 0.625. The molecule has 0 amide bonds. The van der Waals surface area contributed by atoms with Crippen molar-refractivity contribution in [3.05, 3.63) is 29.3 Å². The molecule has 1 aliphatic heterocycles. The van der Waals surface area contributed by atoms with E-state index < -0.39 is 0 Å². The Hall–Kier alpha value is -1.02. The molecule has 1 aliphatic rings. The Morgan fingerprint density at radius 3 is 2.61 bits per heavy atom. The summed E-state index contributed by atoms with van der Waals surface area (Å²) < 4.78 is 0. The first kappa shape index (κ1) is 13.4. The molecular formula is C16H26N2. The summed E-state index contributed by atoms with van der Waals surface area (Å²) in [6.45, 7) is 11.2. The van der Waals surface area contributed by atoms with Gasteiger partial charge >= 0.3 is 0 Å². The lowest BCUT2D eigenvalue weighted by Gasteiger charge is -2.42. The van der Waals surface area contributed by atoms with Gasteiger partial charge in [0.25, 0.3) is 0 Å². The number of nitrogens with one attached hydrogen (secondary N) is 1. The highest BCUT2D eigenvalue weighted by atomic mass is 15.2. The first-order valence-corrected chi connectivity index (χ1v) is 7.23. The molecule has 2 rings (SSSR count). The predicted molar refractivity (Wildman–Crippen MR) is 79.4 cm³/mol. The number of aryl methyl sites for hydroxylation is 2. The molecule has 0 aromatic heterocycles. The molecule has 1 N–H and O–H groups in total. The molecule has 1 heterocycles. The zero-order valence-corrected chi connectivity index (χ0v) is 12.2. The van der Waals surface area contributed by atoms with E-state index in [1.807, 2.05) is 0 Å². The van der Waals surface area contributed by atoms with E-state index in [-0.39, 0.29) is 0 Å². The van der Waals surface area contributed by atoms with E-state index in [9.17, 15) is 0 Å². The van der Waals surface area contributed by atoms with Crippen LogP contribution >= 0.6 is 0 Å². The molecule has 0 spiro atoms. The fourth-order valence-corrected chi connectivity index (χ4v) is 2.92. The van der Waals surface area contributed by atoms with E-state index in [1.165, 1.54) is 29.7 Å². The molecule has 2 heteroatoms. The highest BCUT2D eigenvalue weighted by molar-refractivity contribution is 5.55. The van der Waals surface area contributed by atoms with Gasteiger partial charge < -0.3 is 10.2 Å². The topological polar surface area (TPSA) is 15.3 Å². The number of nitrogens with zero attached hydrogens (tertiary/aromatic N) is 1. The maximum atomic E-state index is 3.66. The van der Waals surface area contributed by atoms with Gasteiger partial charge in [-0.1, -0.05) is 31.5 Å². The van der Waals surface area contributed by atoms with Crippen LogP contribution in [-0.2, 0) is 0 Å². The van der Waals surface area contributed by atoms with Crippen LogP contribution in [0.5, 0.6) is 0 Å². The SMILES string of the molecule is CCC1CN(c2ccc(C)cc2C)C(CC)CN1. The Morgan fingerprint density at radius 1 is 1.22 bits per heavy atom. The third kappa shape index (κ3) is 2.69. The molecule has 0 radical (unpaired) electrons. The highest BCUT2D eigenvalue weighted by Gasteiger charge is 2.26. The van der Waals surface area contributed by atoms with Crippen LogP contribution in [0.15, 0.2) is 18.2 Å². The van der Waals surface area contributed by atoms with Crippen molar-refractivity contribution in [2.45, 2.75) is 52.6 Å². The van der Waals surface area contributed by atoms with E-state index in [1.54, 1.807) is 0 Å². The summed E-state index contributed by atoms with van der Waals surface area (Å²) in [7, 11) is 0. The minimum Gasteiger partial charge on any atom is -0.366 e. The van der Waals surface area contributed by atoms with Crippen molar-refractivity contribution >= 4 is 5.69 Å². The van der Waals surface area contributed by atoms with Crippen molar-refractivity contribution in [3.8, 4) is 0 Å². The lowest BCUT2D eigenvalue weighted by atomic mass is 10.0. The van der Waals surface area contributed by atoms with Gasteiger partial charge in [0, 0.05) is 30.9 Å². The van der Waals surface area contributed by atoms with Crippen LogP contribution in [0.1, 0.15) is 37.8 Å². The number of hydrogen-bond donors (Lipinski definition) is 1. The first-order valence-electron chi connectivity index (χ1n) is 7.23. The Kier molecular flexibility index (Phi) is 4.28. The summed E-state index contributed by atoms with van der Waals surface area (Å²) in [4.78, 5) is 2.61. The van der Waals surface area contributed by atoms with Crippen molar-refractivity contribution < 1.29 is 0 Å². The summed E-state index contributed by atoms with van der Waals surface area (Å²) >= 11 is 0. The normalized spacial score (nSPS) is 24.3. The maximum absolute atomic E-state index is 3.66. The first-order chi connectivity index (χ1) is 8.65. The maximum Gasteiger partial charge on any atom is 0.0412 e. The van der Waals surface area contributed by atoms with E-state index in [0.717, 1.165) is 13.1 Å². The Bertz CT molecular complexity index is 400. The molecule has 1 aromatic rings. The van der Waals surface area contributed by atoms with E-state index in [0.29, 0.717) is 12.1 Å². The monoisotopic (exact) mass is 246 g/mol. The molecule has 0 bridgehead atoms. The largest absolute Gasteiger partial charge is 0.366 e. The van der Waals surface area contributed by atoms with Gasteiger partial charge in [0.1, 0.15) is 0 Å². The molecule has 1 aromatic carbocycles. The second-order valence-corrected chi connectivity index (χ2v) is 5.52. The van der Waals surface area contributed by atoms with Crippen LogP contribution in [0.25, 0.3) is 0 Å². The molecule has 0 aliphatic carbocycles. The Labute approximate surface area is 111 Å². The van der Waals surface area contributed by atoms with Gasteiger partial charge in [0.2, 0.25) is 0 Å². The van der Waals surface area contributed by atoms with Gasteiger partial charge in [-0.2, -0.15) is 0 Å². The highest BCUT2D eigenvalue weighted by Crippen LogP contribution is 2.26. The lowest BCUT2D eigenvalue weighted by molar-refractivity contribution is 0.378. The number of hydrogen-bond acceptors (Lipinski definition) is 2. The molecule has 1 fully saturated rings. The van der Waals surface area contributed by atoms with Crippen LogP contribution < -0.4 is 10.2 Å². The zero-order chi connectivity index (χ0) is 13.1. The van der Waals surface area contributed by atoms with E-state index in [2.05, 4.69) is 56.1 Å². The molecule has 2 unspecified atom stereocenters. The predicted octanol–water partition coefficient (Wildman–Crippen LogP) is 3.27. The molecule has 2 atom stereocenters. The van der Waals surface area contributed by atoms with Gasteiger partial charge in [0.15, 0.2) is 0 Å². The van der Waals surface area contributed by atoms with Crippen molar-refractivity contribution in [2.24, 2.45) is 0 Å². The Morgan fingerprint density at radius 2 is 2.00 bits per heavy atom. The van der Waals surface area contributed by atoms with E-state index >= 15 is 0 Å². The van der Waals surface area contributed by atoms with Gasteiger partial charge in [-0.25, -0.2) is 0 Å². The molecule has 100 valence electrons. The summed E-state index contributed by atoms with van der Waals surface area (Å²) in [6.07, 6.45) is 2.41. The summed E-state index contributed by atoms with van der Waals surface area (Å²) in [5.41, 5.74) is 4.18. The van der Waals surface area contributed by atoms with Gasteiger partial charge in [-0.15, -0.1) is 0 Å². The number of rotatable bonds is 3. The standard InChI is InChI=1S/C16H26N2/c1-5-14-11-18(15(6-2)10-17-14)16-8-7-12(3)9-13(16)4/h7-9,14-15,17H,5-6,10-11H2,1-4H3. The van der Waals surface area contributed by atoms with Crippen molar-refractivity contribution in [2.75, 3.05) is 18.0 Å². The van der Waals surface area contributed by atoms with Crippen molar-refractivity contribution in [1.29, 1.82) is 0 Å². The van der Waals surface area contributed by atoms with Crippen LogP contribution in [0, 0.1) is 13.8 Å². The minimum absolute atomic E-state index is 0.633. The molecule has 0 saturated carbocycles. The second-order valence-electron chi connectivity index (χ2n) is 5.52. The minimum atomic E-state index is 0.633. The zero-order valence-electron chi connectivity index (χ0n) is 12.2. The van der Waals surface area contributed by atoms with Gasteiger partial charge in [0.05, 0.1) is 0 Å². The average molecular weight is 246 g/mol. The van der Waals surface area contributed by atoms with Crippen molar-refractivity contribution in [3.63, 3.8) is 0 Å². The van der Waals surface area contributed by atoms with Gasteiger partial charge in [-0.05, 0) is 38.3 Å². The number of anilines is 1. The third-order valence-electron chi connectivity index (χ3n) is 4.13. The van der Waals surface area contributed by atoms with Crippen molar-refractivity contribution in [1.82, 2.24) is 5.32 Å².